The summed E-state index contributed by atoms with van der Waals surface area (Å²) in [6, 6.07) is 14.7. The van der Waals surface area contributed by atoms with Crippen LogP contribution in [-0.2, 0) is 25.8 Å². The van der Waals surface area contributed by atoms with Crippen LogP contribution in [0, 0.1) is 5.92 Å². The molecule has 0 radical (unpaired) electrons. The minimum absolute atomic E-state index is 0. The topological polar surface area (TPSA) is 3.24 Å². The van der Waals surface area contributed by atoms with Gasteiger partial charge in [0.1, 0.15) is 0 Å². The van der Waals surface area contributed by atoms with E-state index in [1.807, 2.05) is 0 Å². The SMILES string of the molecule is C[C-](C)CN(C)C.[Cl-].[Cl-].[Cl-].[Hf+4].c1ccc2[cH-]ccc2c1. The first-order valence-electron chi connectivity index (χ1n) is 5.64. The quantitative estimate of drug-likeness (QED) is 0.295. The zero-order chi connectivity index (χ0) is 12.0. The van der Waals surface area contributed by atoms with Crippen molar-refractivity contribution in [3.63, 3.8) is 0 Å². The van der Waals surface area contributed by atoms with Crippen LogP contribution in [0.3, 0.4) is 0 Å². The summed E-state index contributed by atoms with van der Waals surface area (Å²) in [4.78, 5) is 2.16. The second-order valence-electron chi connectivity index (χ2n) is 4.60. The van der Waals surface area contributed by atoms with Gasteiger partial charge in [-0.25, -0.2) is 0 Å². The minimum Gasteiger partial charge on any atom is -1.00 e. The van der Waals surface area contributed by atoms with Crippen LogP contribution < -0.4 is 37.2 Å². The number of hydrogen-bond acceptors (Lipinski definition) is 1. The van der Waals surface area contributed by atoms with Gasteiger partial charge in [0.2, 0.25) is 0 Å². The fourth-order valence-electron chi connectivity index (χ4n) is 1.70. The minimum atomic E-state index is 0. The van der Waals surface area contributed by atoms with Crippen LogP contribution in [0.15, 0.2) is 42.5 Å². The maximum absolute atomic E-state index is 2.16. The third kappa shape index (κ3) is 12.3. The van der Waals surface area contributed by atoms with Gasteiger partial charge in [0.25, 0.3) is 0 Å². The van der Waals surface area contributed by atoms with Crippen LogP contribution in [0.2, 0.25) is 0 Å². The molecule has 2 aromatic rings. The molecule has 5 heteroatoms. The molecule has 0 aliphatic heterocycles. The van der Waals surface area contributed by atoms with Crippen molar-refractivity contribution < 1.29 is 63.1 Å². The molecule has 0 spiro atoms. The summed E-state index contributed by atoms with van der Waals surface area (Å²) in [6.07, 6.45) is 0. The van der Waals surface area contributed by atoms with Gasteiger partial charge in [-0.3, -0.25) is 0 Å². The molecule has 0 aliphatic carbocycles. The molecule has 0 amide bonds. The van der Waals surface area contributed by atoms with E-state index >= 15 is 0 Å². The maximum Gasteiger partial charge on any atom is 4.00 e. The van der Waals surface area contributed by atoms with Crippen molar-refractivity contribution in [2.24, 2.45) is 0 Å². The van der Waals surface area contributed by atoms with Crippen molar-refractivity contribution >= 4 is 10.8 Å². The largest absolute Gasteiger partial charge is 4.00 e. The smallest absolute Gasteiger partial charge is 1.00 e. The Morgan fingerprint density at radius 2 is 1.55 bits per heavy atom. The van der Waals surface area contributed by atoms with Crippen molar-refractivity contribution in [3.05, 3.63) is 48.4 Å². The predicted molar refractivity (Wildman–Crippen MR) is 72.7 cm³/mol. The Balaban J connectivity index is -0.000000110. The van der Waals surface area contributed by atoms with Crippen LogP contribution in [0.25, 0.3) is 10.8 Å². The molecular weight excluding hydrogens is 479 g/mol. The van der Waals surface area contributed by atoms with Gasteiger partial charge in [-0.05, 0) is 14.1 Å². The van der Waals surface area contributed by atoms with E-state index in [0.29, 0.717) is 0 Å². The Morgan fingerprint density at radius 1 is 1.00 bits per heavy atom. The molecule has 0 N–H and O–H groups in total. The molecule has 112 valence electrons. The van der Waals surface area contributed by atoms with E-state index in [1.54, 1.807) is 0 Å². The second kappa shape index (κ2) is 15.9. The Kier molecular flexibility index (Phi) is 22.8. The van der Waals surface area contributed by atoms with E-state index in [2.05, 4.69) is 75.3 Å². The van der Waals surface area contributed by atoms with Crippen LogP contribution in [0.5, 0.6) is 0 Å². The van der Waals surface area contributed by atoms with E-state index in [0.717, 1.165) is 6.54 Å². The third-order valence-electron chi connectivity index (χ3n) is 2.18. The summed E-state index contributed by atoms with van der Waals surface area (Å²) in [5.74, 6) is 1.46. The molecule has 0 saturated heterocycles. The molecular formula is C15H21Cl3HfN-. The Bertz CT molecular complexity index is 380. The zero-order valence-electron chi connectivity index (χ0n) is 12.3. The van der Waals surface area contributed by atoms with E-state index in [-0.39, 0.29) is 63.1 Å². The summed E-state index contributed by atoms with van der Waals surface area (Å²) < 4.78 is 0. The molecule has 20 heavy (non-hydrogen) atoms. The van der Waals surface area contributed by atoms with Crippen molar-refractivity contribution in [3.8, 4) is 0 Å². The summed E-state index contributed by atoms with van der Waals surface area (Å²) in [7, 11) is 4.15. The average Bonchev–Trinajstić information content (AvgIpc) is 2.63. The van der Waals surface area contributed by atoms with Crippen molar-refractivity contribution in [1.82, 2.24) is 4.90 Å². The van der Waals surface area contributed by atoms with Gasteiger partial charge in [-0.2, -0.15) is 31.4 Å². The summed E-state index contributed by atoms with van der Waals surface area (Å²) >= 11 is 0. The number of rotatable bonds is 2. The molecule has 0 aromatic heterocycles. The number of halogens is 3. The summed E-state index contributed by atoms with van der Waals surface area (Å²) in [6.45, 7) is 5.39. The summed E-state index contributed by atoms with van der Waals surface area (Å²) in [5, 5.41) is 2.66. The van der Waals surface area contributed by atoms with Crippen LogP contribution >= 0.6 is 0 Å². The normalized spacial score (nSPS) is 8.50. The molecule has 0 unspecified atom stereocenters. The number of fused-ring (bicyclic) bond motifs is 1. The third-order valence-corrected chi connectivity index (χ3v) is 2.18. The zero-order valence-corrected chi connectivity index (χ0v) is 18.2. The van der Waals surface area contributed by atoms with Gasteiger partial charge in [0.15, 0.2) is 0 Å². The number of benzene rings is 1. The first-order chi connectivity index (χ1) is 7.59. The molecule has 0 aliphatic rings. The maximum atomic E-state index is 2.16. The Hall–Kier alpha value is 0.530. The first kappa shape index (κ1) is 28.7. The number of hydrogen-bond donors (Lipinski definition) is 0. The van der Waals surface area contributed by atoms with Gasteiger partial charge < -0.3 is 48.0 Å². The van der Waals surface area contributed by atoms with Crippen molar-refractivity contribution in [1.29, 1.82) is 0 Å². The van der Waals surface area contributed by atoms with Gasteiger partial charge in [0, 0.05) is 0 Å². The molecule has 0 saturated carbocycles. The van der Waals surface area contributed by atoms with Crippen LogP contribution in [-0.4, -0.2) is 25.5 Å². The van der Waals surface area contributed by atoms with Crippen LogP contribution in [0.1, 0.15) is 13.8 Å². The fourth-order valence-corrected chi connectivity index (χ4v) is 1.70. The van der Waals surface area contributed by atoms with Gasteiger partial charge in [-0.15, -0.1) is 36.2 Å². The molecule has 2 rings (SSSR count). The predicted octanol–water partition coefficient (Wildman–Crippen LogP) is -5.27. The van der Waals surface area contributed by atoms with Gasteiger partial charge >= 0.3 is 25.8 Å². The van der Waals surface area contributed by atoms with Gasteiger partial charge in [0.05, 0.1) is 0 Å². The second-order valence-corrected chi connectivity index (χ2v) is 4.60. The first-order valence-corrected chi connectivity index (χ1v) is 5.64. The fraction of sp³-hybridized carbons (Fsp3) is 0.333. The van der Waals surface area contributed by atoms with Crippen molar-refractivity contribution in [2.75, 3.05) is 20.6 Å². The monoisotopic (exact) mass is 500 g/mol. The van der Waals surface area contributed by atoms with Crippen LogP contribution in [0.4, 0.5) is 0 Å². The molecule has 2 aromatic carbocycles. The van der Waals surface area contributed by atoms with E-state index < -0.39 is 0 Å². The molecule has 0 bridgehead atoms. The van der Waals surface area contributed by atoms with Gasteiger partial charge in [-0.1, -0.05) is 6.07 Å². The average molecular weight is 500 g/mol. The molecule has 0 fully saturated rings. The van der Waals surface area contributed by atoms with E-state index in [9.17, 15) is 0 Å². The molecule has 0 heterocycles. The van der Waals surface area contributed by atoms with Crippen molar-refractivity contribution in [2.45, 2.75) is 13.8 Å². The Labute approximate surface area is 160 Å². The van der Waals surface area contributed by atoms with E-state index in [4.69, 9.17) is 0 Å². The standard InChI is InChI=1S/C9H7.C6H14N.3ClH.Hf/c1-2-5-9-7-3-6-8(9)4-1;1-6(2)5-7(3)4;;;;/h1-7H;5H2,1-4H3;3*1H;/q2*-1;;;;+4/p-3. The number of nitrogens with zero attached hydrogens (tertiary/aromatic N) is 1. The molecule has 1 nitrogen and oxygen atoms in total. The molecule has 0 atom stereocenters. The summed E-state index contributed by atoms with van der Waals surface area (Å²) in [5.41, 5.74) is 0. The van der Waals surface area contributed by atoms with E-state index in [1.165, 1.54) is 16.7 Å². The Morgan fingerprint density at radius 3 is 1.95 bits per heavy atom.